The molecule has 0 saturated carbocycles. The van der Waals surface area contributed by atoms with Gasteiger partial charge in [0.2, 0.25) is 11.8 Å². The minimum atomic E-state index is -0.522. The number of hydrogen-bond donors (Lipinski definition) is 1. The third kappa shape index (κ3) is 3.70. The van der Waals surface area contributed by atoms with Gasteiger partial charge in [0.25, 0.3) is 0 Å². The number of amides is 2. The van der Waals surface area contributed by atoms with Gasteiger partial charge in [-0.2, -0.15) is 0 Å². The average molecular weight is 241 g/mol. The van der Waals surface area contributed by atoms with Crippen LogP contribution >= 0.6 is 0 Å². The molecule has 1 saturated heterocycles. The van der Waals surface area contributed by atoms with E-state index in [0.29, 0.717) is 6.54 Å². The zero-order chi connectivity index (χ0) is 13.2. The smallest absolute Gasteiger partial charge is 0.244 e. The van der Waals surface area contributed by atoms with Crippen LogP contribution in [0.3, 0.4) is 0 Å². The van der Waals surface area contributed by atoms with E-state index in [0.717, 1.165) is 12.8 Å². The number of likely N-dealkylation sites (tertiary alicyclic amines) is 1. The molecule has 1 atom stereocenters. The van der Waals surface area contributed by atoms with Crippen LogP contribution in [0.15, 0.2) is 0 Å². The quantitative estimate of drug-likeness (QED) is 0.767. The van der Waals surface area contributed by atoms with Crippen LogP contribution in [-0.2, 0) is 9.59 Å². The fourth-order valence-electron chi connectivity index (χ4n) is 2.11. The first-order valence-electron chi connectivity index (χ1n) is 6.02. The van der Waals surface area contributed by atoms with E-state index in [1.54, 1.807) is 23.9 Å². The first kappa shape index (κ1) is 14.0. The van der Waals surface area contributed by atoms with Crippen LogP contribution in [0.25, 0.3) is 0 Å². The molecule has 1 aliphatic heterocycles. The van der Waals surface area contributed by atoms with Gasteiger partial charge in [-0.05, 0) is 26.7 Å². The Morgan fingerprint density at radius 1 is 1.41 bits per heavy atom. The summed E-state index contributed by atoms with van der Waals surface area (Å²) in [7, 11) is 3.44. The van der Waals surface area contributed by atoms with E-state index < -0.39 is 5.54 Å². The summed E-state index contributed by atoms with van der Waals surface area (Å²) in [6.45, 7) is 4.31. The van der Waals surface area contributed by atoms with Crippen LogP contribution < -0.4 is 5.73 Å². The molecule has 1 fully saturated rings. The minimum Gasteiger partial charge on any atom is -0.347 e. The van der Waals surface area contributed by atoms with Crippen molar-refractivity contribution < 1.29 is 9.59 Å². The molecule has 0 aromatic rings. The van der Waals surface area contributed by atoms with E-state index in [1.165, 1.54) is 0 Å². The molecule has 1 rings (SSSR count). The Hall–Kier alpha value is -1.10. The molecule has 1 heterocycles. The topological polar surface area (TPSA) is 66.6 Å². The van der Waals surface area contributed by atoms with Gasteiger partial charge in [-0.1, -0.05) is 0 Å². The molecule has 5 nitrogen and oxygen atoms in total. The van der Waals surface area contributed by atoms with E-state index in [9.17, 15) is 9.59 Å². The largest absolute Gasteiger partial charge is 0.347 e. The van der Waals surface area contributed by atoms with Crippen molar-refractivity contribution >= 4 is 11.8 Å². The Kier molecular flexibility index (Phi) is 4.14. The first-order chi connectivity index (χ1) is 7.72. The van der Waals surface area contributed by atoms with Crippen LogP contribution in [0.1, 0.15) is 33.1 Å². The third-order valence-corrected chi connectivity index (χ3v) is 2.91. The molecule has 0 aliphatic carbocycles. The van der Waals surface area contributed by atoms with Gasteiger partial charge in [0, 0.05) is 32.6 Å². The van der Waals surface area contributed by atoms with E-state index in [4.69, 9.17) is 5.73 Å². The molecular weight excluding hydrogens is 218 g/mol. The average Bonchev–Trinajstić information content (AvgIpc) is 2.61. The number of nitrogens with two attached hydrogens (primary N) is 1. The normalized spacial score (nSPS) is 20.5. The van der Waals surface area contributed by atoms with E-state index in [2.05, 4.69) is 0 Å². The van der Waals surface area contributed by atoms with Gasteiger partial charge in [-0.25, -0.2) is 0 Å². The highest BCUT2D eigenvalue weighted by molar-refractivity contribution is 5.88. The lowest BCUT2D eigenvalue weighted by Crippen LogP contribution is -2.48. The molecule has 17 heavy (non-hydrogen) atoms. The van der Waals surface area contributed by atoms with Gasteiger partial charge in [-0.15, -0.1) is 0 Å². The lowest BCUT2D eigenvalue weighted by atomic mass is 10.0. The minimum absolute atomic E-state index is 0.00526. The van der Waals surface area contributed by atoms with Crippen molar-refractivity contribution in [2.75, 3.05) is 20.6 Å². The number of carbonyl (C=O) groups excluding carboxylic acids is 2. The zero-order valence-electron chi connectivity index (χ0n) is 11.2. The molecule has 0 aromatic carbocycles. The number of carbonyl (C=O) groups is 2. The molecular formula is C12H23N3O2. The van der Waals surface area contributed by atoms with Crippen LogP contribution in [0.2, 0.25) is 0 Å². The molecule has 2 N–H and O–H groups in total. The Bertz CT molecular complexity index is 307. The van der Waals surface area contributed by atoms with Crippen molar-refractivity contribution in [1.82, 2.24) is 9.80 Å². The summed E-state index contributed by atoms with van der Waals surface area (Å²) in [5.41, 5.74) is 5.32. The highest BCUT2D eigenvalue weighted by Gasteiger charge is 2.35. The van der Waals surface area contributed by atoms with Gasteiger partial charge in [0.05, 0.1) is 0 Å². The highest BCUT2D eigenvalue weighted by Crippen LogP contribution is 2.21. The predicted octanol–water partition coefficient (Wildman–Crippen LogP) is 0.193. The second kappa shape index (κ2) is 5.04. The lowest BCUT2D eigenvalue weighted by Gasteiger charge is -2.28. The molecule has 0 spiro atoms. The van der Waals surface area contributed by atoms with Gasteiger partial charge in [0.15, 0.2) is 0 Å². The molecule has 2 amide bonds. The summed E-state index contributed by atoms with van der Waals surface area (Å²) < 4.78 is 0. The monoisotopic (exact) mass is 241 g/mol. The van der Waals surface area contributed by atoms with Crippen LogP contribution in [-0.4, -0.2) is 53.8 Å². The summed E-state index contributed by atoms with van der Waals surface area (Å²) in [5, 5.41) is 0. The summed E-state index contributed by atoms with van der Waals surface area (Å²) in [4.78, 5) is 27.2. The van der Waals surface area contributed by atoms with Gasteiger partial charge in [0.1, 0.15) is 6.04 Å². The number of rotatable bonds is 3. The van der Waals surface area contributed by atoms with Crippen molar-refractivity contribution in [3.63, 3.8) is 0 Å². The van der Waals surface area contributed by atoms with Crippen molar-refractivity contribution in [2.45, 2.75) is 44.7 Å². The van der Waals surface area contributed by atoms with Crippen molar-refractivity contribution in [3.05, 3.63) is 0 Å². The first-order valence-corrected chi connectivity index (χ1v) is 6.02. The third-order valence-electron chi connectivity index (χ3n) is 2.91. The Labute approximate surface area is 103 Å². The fraction of sp³-hybridized carbons (Fsp3) is 0.833. The predicted molar refractivity (Wildman–Crippen MR) is 66.3 cm³/mol. The van der Waals surface area contributed by atoms with E-state index in [-0.39, 0.29) is 24.3 Å². The van der Waals surface area contributed by atoms with Gasteiger partial charge >= 0.3 is 0 Å². The number of hydrogen-bond acceptors (Lipinski definition) is 3. The van der Waals surface area contributed by atoms with Crippen molar-refractivity contribution in [3.8, 4) is 0 Å². The number of nitrogens with zero attached hydrogens (tertiary/aromatic N) is 2. The SMILES string of the molecule is CN(C)C(=O)C1CCCN1C(=O)CC(C)(C)N. The fourth-order valence-corrected chi connectivity index (χ4v) is 2.11. The Balaban J connectivity index is 2.70. The zero-order valence-corrected chi connectivity index (χ0v) is 11.2. The maximum atomic E-state index is 12.1. The molecule has 0 aromatic heterocycles. The second-order valence-corrected chi connectivity index (χ2v) is 5.64. The molecule has 0 bridgehead atoms. The molecule has 1 unspecified atom stereocenters. The van der Waals surface area contributed by atoms with Crippen molar-refractivity contribution in [2.24, 2.45) is 5.73 Å². The molecule has 98 valence electrons. The van der Waals surface area contributed by atoms with Crippen molar-refractivity contribution in [1.29, 1.82) is 0 Å². The van der Waals surface area contributed by atoms with Gasteiger partial charge < -0.3 is 15.5 Å². The standard InChI is InChI=1S/C12H23N3O2/c1-12(2,13)8-10(16)15-7-5-6-9(15)11(17)14(3)4/h9H,5-8,13H2,1-4H3. The summed E-state index contributed by atoms with van der Waals surface area (Å²) >= 11 is 0. The van der Waals surface area contributed by atoms with E-state index in [1.807, 2.05) is 13.8 Å². The maximum absolute atomic E-state index is 12.1. The van der Waals surface area contributed by atoms with Gasteiger partial charge in [-0.3, -0.25) is 9.59 Å². The highest BCUT2D eigenvalue weighted by atomic mass is 16.2. The summed E-state index contributed by atoms with van der Waals surface area (Å²) in [5.74, 6) is -0.0131. The second-order valence-electron chi connectivity index (χ2n) is 5.64. The summed E-state index contributed by atoms with van der Waals surface area (Å²) in [6, 6.07) is -0.292. The Morgan fingerprint density at radius 3 is 2.47 bits per heavy atom. The number of likely N-dealkylation sites (N-methyl/N-ethyl adjacent to an activating group) is 1. The van der Waals surface area contributed by atoms with Crippen LogP contribution in [0.5, 0.6) is 0 Å². The maximum Gasteiger partial charge on any atom is 0.244 e. The Morgan fingerprint density at radius 2 is 2.00 bits per heavy atom. The van der Waals surface area contributed by atoms with Crippen LogP contribution in [0, 0.1) is 0 Å². The molecule has 1 aliphatic rings. The summed E-state index contributed by atoms with van der Waals surface area (Å²) in [6.07, 6.45) is 1.93. The molecule has 5 heteroatoms. The lowest BCUT2D eigenvalue weighted by molar-refractivity contribution is -0.142. The molecule has 0 radical (unpaired) electrons. The van der Waals surface area contributed by atoms with E-state index >= 15 is 0 Å². The van der Waals surface area contributed by atoms with Crippen LogP contribution in [0.4, 0.5) is 0 Å².